The SMILES string of the molecule is COCCN(CC(=O)O)C(=O)c1cccc2ccc(C)nc12. The van der Waals surface area contributed by atoms with E-state index in [-0.39, 0.29) is 25.6 Å². The van der Waals surface area contributed by atoms with Crippen LogP contribution in [0.2, 0.25) is 0 Å². The summed E-state index contributed by atoms with van der Waals surface area (Å²) in [6.45, 7) is 1.96. The van der Waals surface area contributed by atoms with E-state index >= 15 is 0 Å². The predicted octanol–water partition coefficient (Wildman–Crippen LogP) is 1.72. The third-order valence-electron chi connectivity index (χ3n) is 3.27. The van der Waals surface area contributed by atoms with Gasteiger partial charge in [0, 0.05) is 24.7 Å². The first-order chi connectivity index (χ1) is 10.5. The topological polar surface area (TPSA) is 79.7 Å². The molecule has 0 fully saturated rings. The molecule has 1 amide bonds. The van der Waals surface area contributed by atoms with Crippen molar-refractivity contribution in [1.29, 1.82) is 0 Å². The summed E-state index contributed by atoms with van der Waals surface area (Å²) >= 11 is 0. The number of ether oxygens (including phenoxy) is 1. The number of carboxylic acid groups (broad SMARTS) is 1. The number of hydrogen-bond donors (Lipinski definition) is 1. The summed E-state index contributed by atoms with van der Waals surface area (Å²) in [5.41, 5.74) is 1.79. The van der Waals surface area contributed by atoms with Crippen LogP contribution in [-0.4, -0.2) is 53.7 Å². The van der Waals surface area contributed by atoms with Gasteiger partial charge in [-0.25, -0.2) is 0 Å². The van der Waals surface area contributed by atoms with Gasteiger partial charge in [0.05, 0.1) is 17.7 Å². The van der Waals surface area contributed by atoms with E-state index in [0.29, 0.717) is 11.1 Å². The van der Waals surface area contributed by atoms with Gasteiger partial charge in [-0.3, -0.25) is 14.6 Å². The Labute approximate surface area is 128 Å². The Morgan fingerprint density at radius 1 is 1.27 bits per heavy atom. The van der Waals surface area contributed by atoms with E-state index in [1.54, 1.807) is 12.1 Å². The molecule has 0 bridgehead atoms. The molecule has 0 aliphatic heterocycles. The summed E-state index contributed by atoms with van der Waals surface area (Å²) in [5.74, 6) is -1.42. The van der Waals surface area contributed by atoms with Crippen LogP contribution in [0.15, 0.2) is 30.3 Å². The van der Waals surface area contributed by atoms with Crippen molar-refractivity contribution in [3.05, 3.63) is 41.6 Å². The van der Waals surface area contributed by atoms with Crippen molar-refractivity contribution < 1.29 is 19.4 Å². The number of aliphatic carboxylic acids is 1. The summed E-state index contributed by atoms with van der Waals surface area (Å²) in [6, 6.07) is 9.07. The Kier molecular flexibility index (Phi) is 5.06. The van der Waals surface area contributed by atoms with Gasteiger partial charge in [0.1, 0.15) is 6.54 Å². The average Bonchev–Trinajstić information content (AvgIpc) is 2.49. The molecule has 1 aromatic carbocycles. The normalized spacial score (nSPS) is 10.6. The number of carboxylic acids is 1. The molecule has 1 aromatic heterocycles. The van der Waals surface area contributed by atoms with Crippen molar-refractivity contribution >= 4 is 22.8 Å². The molecule has 0 spiro atoms. The number of aromatic nitrogens is 1. The first-order valence-electron chi connectivity index (χ1n) is 6.89. The third-order valence-corrected chi connectivity index (χ3v) is 3.27. The summed E-state index contributed by atoms with van der Waals surface area (Å²) in [4.78, 5) is 29.3. The molecule has 2 aromatic rings. The lowest BCUT2D eigenvalue weighted by Crippen LogP contribution is -2.38. The molecule has 2 rings (SSSR count). The molecule has 1 N–H and O–H groups in total. The van der Waals surface area contributed by atoms with Gasteiger partial charge in [-0.1, -0.05) is 18.2 Å². The van der Waals surface area contributed by atoms with Gasteiger partial charge in [0.25, 0.3) is 5.91 Å². The van der Waals surface area contributed by atoms with Crippen LogP contribution in [0, 0.1) is 6.92 Å². The number of fused-ring (bicyclic) bond motifs is 1. The van der Waals surface area contributed by atoms with Crippen molar-refractivity contribution in [2.24, 2.45) is 0 Å². The lowest BCUT2D eigenvalue weighted by atomic mass is 10.1. The van der Waals surface area contributed by atoms with Crippen LogP contribution < -0.4 is 0 Å². The van der Waals surface area contributed by atoms with Crippen molar-refractivity contribution in [1.82, 2.24) is 9.88 Å². The maximum Gasteiger partial charge on any atom is 0.323 e. The highest BCUT2D eigenvalue weighted by atomic mass is 16.5. The second-order valence-corrected chi connectivity index (χ2v) is 4.94. The van der Waals surface area contributed by atoms with Gasteiger partial charge in [-0.2, -0.15) is 0 Å². The van der Waals surface area contributed by atoms with Crippen LogP contribution in [0.5, 0.6) is 0 Å². The Balaban J connectivity index is 2.41. The zero-order chi connectivity index (χ0) is 16.1. The van der Waals surface area contributed by atoms with E-state index in [0.717, 1.165) is 11.1 Å². The van der Waals surface area contributed by atoms with E-state index < -0.39 is 5.97 Å². The zero-order valence-electron chi connectivity index (χ0n) is 12.6. The molecule has 0 unspecified atom stereocenters. The number of amides is 1. The van der Waals surface area contributed by atoms with E-state index in [9.17, 15) is 9.59 Å². The number of nitrogens with zero attached hydrogens (tertiary/aromatic N) is 2. The van der Waals surface area contributed by atoms with Crippen LogP contribution in [0.25, 0.3) is 10.9 Å². The Hall–Kier alpha value is -2.47. The van der Waals surface area contributed by atoms with Gasteiger partial charge >= 0.3 is 5.97 Å². The minimum Gasteiger partial charge on any atom is -0.480 e. The highest BCUT2D eigenvalue weighted by Crippen LogP contribution is 2.19. The van der Waals surface area contributed by atoms with E-state index in [1.165, 1.54) is 12.0 Å². The quantitative estimate of drug-likeness (QED) is 0.879. The van der Waals surface area contributed by atoms with Gasteiger partial charge in [0.2, 0.25) is 0 Å². The molecule has 0 aliphatic carbocycles. The Morgan fingerprint density at radius 3 is 2.73 bits per heavy atom. The first-order valence-corrected chi connectivity index (χ1v) is 6.89. The molecular weight excluding hydrogens is 284 g/mol. The highest BCUT2D eigenvalue weighted by Gasteiger charge is 2.20. The highest BCUT2D eigenvalue weighted by molar-refractivity contribution is 6.06. The Morgan fingerprint density at radius 2 is 2.05 bits per heavy atom. The lowest BCUT2D eigenvalue weighted by Gasteiger charge is -2.21. The first kappa shape index (κ1) is 15.9. The number of hydrogen-bond acceptors (Lipinski definition) is 4. The van der Waals surface area contributed by atoms with Crippen molar-refractivity contribution in [2.45, 2.75) is 6.92 Å². The van der Waals surface area contributed by atoms with Crippen LogP contribution >= 0.6 is 0 Å². The summed E-state index contributed by atoms with van der Waals surface area (Å²) in [6.07, 6.45) is 0. The lowest BCUT2D eigenvalue weighted by molar-refractivity contribution is -0.137. The van der Waals surface area contributed by atoms with Crippen LogP contribution in [0.4, 0.5) is 0 Å². The number of pyridine rings is 1. The number of aryl methyl sites for hydroxylation is 1. The summed E-state index contributed by atoms with van der Waals surface area (Å²) in [7, 11) is 1.51. The second-order valence-electron chi connectivity index (χ2n) is 4.94. The summed E-state index contributed by atoms with van der Waals surface area (Å²) < 4.78 is 4.94. The van der Waals surface area contributed by atoms with Crippen molar-refractivity contribution in [2.75, 3.05) is 26.8 Å². The van der Waals surface area contributed by atoms with Crippen molar-refractivity contribution in [3.63, 3.8) is 0 Å². The molecule has 0 atom stereocenters. The van der Waals surface area contributed by atoms with E-state index in [2.05, 4.69) is 4.98 Å². The minimum absolute atomic E-state index is 0.212. The number of benzene rings is 1. The monoisotopic (exact) mass is 302 g/mol. The fraction of sp³-hybridized carbons (Fsp3) is 0.312. The predicted molar refractivity (Wildman–Crippen MR) is 81.9 cm³/mol. The minimum atomic E-state index is -1.06. The number of para-hydroxylation sites is 1. The largest absolute Gasteiger partial charge is 0.480 e. The molecule has 1 heterocycles. The van der Waals surface area contributed by atoms with E-state index in [4.69, 9.17) is 9.84 Å². The molecule has 0 aliphatic rings. The number of methoxy groups -OCH3 is 1. The van der Waals surface area contributed by atoms with Crippen LogP contribution in [0.3, 0.4) is 0 Å². The molecule has 0 radical (unpaired) electrons. The fourth-order valence-corrected chi connectivity index (χ4v) is 2.20. The van der Waals surface area contributed by atoms with Gasteiger partial charge in [-0.05, 0) is 19.1 Å². The molecule has 116 valence electrons. The maximum atomic E-state index is 12.7. The average molecular weight is 302 g/mol. The molecular formula is C16H18N2O4. The smallest absolute Gasteiger partial charge is 0.323 e. The van der Waals surface area contributed by atoms with Gasteiger partial charge in [0.15, 0.2) is 0 Å². The summed E-state index contributed by atoms with van der Waals surface area (Å²) in [5, 5.41) is 9.83. The van der Waals surface area contributed by atoms with Crippen LogP contribution in [-0.2, 0) is 9.53 Å². The van der Waals surface area contributed by atoms with Crippen LogP contribution in [0.1, 0.15) is 16.1 Å². The number of carbonyl (C=O) groups is 2. The molecule has 0 saturated carbocycles. The zero-order valence-corrected chi connectivity index (χ0v) is 12.6. The Bertz CT molecular complexity index is 700. The van der Waals surface area contributed by atoms with Gasteiger partial charge < -0.3 is 14.7 Å². The number of rotatable bonds is 6. The fourth-order valence-electron chi connectivity index (χ4n) is 2.20. The van der Waals surface area contributed by atoms with Crippen molar-refractivity contribution in [3.8, 4) is 0 Å². The maximum absolute atomic E-state index is 12.7. The third kappa shape index (κ3) is 3.59. The molecule has 6 nitrogen and oxygen atoms in total. The second kappa shape index (κ2) is 7.00. The van der Waals surface area contributed by atoms with Gasteiger partial charge in [-0.15, -0.1) is 0 Å². The standard InChI is InChI=1S/C16H18N2O4/c1-11-6-7-12-4-3-5-13(15(12)17-11)16(21)18(8-9-22-2)10-14(19)20/h3-7H,8-10H2,1-2H3,(H,19,20). The molecule has 0 saturated heterocycles. The molecule has 22 heavy (non-hydrogen) atoms. The van der Waals surface area contributed by atoms with E-state index in [1.807, 2.05) is 25.1 Å². The molecule has 6 heteroatoms. The number of carbonyl (C=O) groups excluding carboxylic acids is 1.